The molecule has 0 aliphatic rings. The number of halogens is 2. The molecule has 0 saturated heterocycles. The average molecular weight is 518 g/mol. The zero-order valence-corrected chi connectivity index (χ0v) is 19.8. The Hall–Kier alpha value is -5.39. The molecule has 12 heteroatoms. The van der Waals surface area contributed by atoms with Gasteiger partial charge in [0, 0.05) is 42.6 Å². The molecule has 0 spiro atoms. The van der Waals surface area contributed by atoms with Crippen molar-refractivity contribution in [3.63, 3.8) is 0 Å². The second-order valence-electron chi connectivity index (χ2n) is 7.65. The van der Waals surface area contributed by atoms with E-state index in [2.05, 4.69) is 31.2 Å². The molecule has 0 aliphatic carbocycles. The molecule has 192 valence electrons. The largest absolute Gasteiger partial charge is 0.457 e. The number of anilines is 3. The van der Waals surface area contributed by atoms with Gasteiger partial charge in [-0.2, -0.15) is 4.39 Å². The second kappa shape index (κ2) is 11.6. The molecule has 0 atom stereocenters. The lowest BCUT2D eigenvalue weighted by Gasteiger charge is -2.11. The van der Waals surface area contributed by atoms with Crippen molar-refractivity contribution in [2.24, 2.45) is 0 Å². The highest BCUT2D eigenvalue weighted by Gasteiger charge is 2.18. The van der Waals surface area contributed by atoms with Crippen molar-refractivity contribution >= 4 is 34.9 Å². The first-order valence-electron chi connectivity index (χ1n) is 11.1. The highest BCUT2D eigenvalue weighted by atomic mass is 19.1. The molecule has 0 unspecified atom stereocenters. The van der Waals surface area contributed by atoms with Crippen LogP contribution in [0.5, 0.6) is 11.5 Å². The number of nitrogens with zero attached hydrogens (tertiary/aromatic N) is 2. The van der Waals surface area contributed by atoms with Crippen LogP contribution in [0.3, 0.4) is 0 Å². The predicted molar refractivity (Wildman–Crippen MR) is 135 cm³/mol. The van der Waals surface area contributed by atoms with Crippen LogP contribution in [-0.4, -0.2) is 34.9 Å². The molecule has 2 aromatic heterocycles. The number of hydrogen-bond acceptors (Lipinski definition) is 6. The minimum absolute atomic E-state index is 0.215. The van der Waals surface area contributed by atoms with E-state index in [-0.39, 0.29) is 17.3 Å². The monoisotopic (exact) mass is 518 g/mol. The third-order valence-electron chi connectivity index (χ3n) is 5.02. The van der Waals surface area contributed by atoms with Gasteiger partial charge >= 0.3 is 6.03 Å². The van der Waals surface area contributed by atoms with Gasteiger partial charge in [-0.3, -0.25) is 14.6 Å². The number of aromatic nitrogens is 2. The van der Waals surface area contributed by atoms with E-state index in [1.54, 1.807) is 30.3 Å². The summed E-state index contributed by atoms with van der Waals surface area (Å²) in [6.45, 7) is 0. The van der Waals surface area contributed by atoms with Crippen molar-refractivity contribution in [3.05, 3.63) is 102 Å². The number of rotatable bonds is 7. The maximum atomic E-state index is 13.7. The van der Waals surface area contributed by atoms with Gasteiger partial charge in [0.05, 0.1) is 0 Å². The van der Waals surface area contributed by atoms with Gasteiger partial charge in [0.15, 0.2) is 0 Å². The number of hydrogen-bond donors (Lipinski definition) is 4. The molecular weight excluding hydrogens is 498 g/mol. The van der Waals surface area contributed by atoms with Crippen LogP contribution in [0.15, 0.2) is 79.1 Å². The Morgan fingerprint density at radius 3 is 1.89 bits per heavy atom. The number of urea groups is 1. The summed E-state index contributed by atoms with van der Waals surface area (Å²) in [5.41, 5.74) is 0.575. The summed E-state index contributed by atoms with van der Waals surface area (Å²) in [6.07, 6.45) is 2.38. The molecule has 0 fully saturated rings. The Morgan fingerprint density at radius 1 is 0.711 bits per heavy atom. The van der Waals surface area contributed by atoms with Crippen molar-refractivity contribution in [2.45, 2.75) is 0 Å². The van der Waals surface area contributed by atoms with Gasteiger partial charge in [0.1, 0.15) is 28.6 Å². The lowest BCUT2D eigenvalue weighted by molar-refractivity contribution is 0.0956. The summed E-state index contributed by atoms with van der Waals surface area (Å²) in [5, 5.41) is 10.2. The molecule has 0 radical (unpaired) electrons. The standard InChI is InChI=1S/C26H20F2N6O4/c1-29-24(35)21-14-19(10-12-30-21)38-18-8-6-17(7-9-18)34-26(37)33-16-4-2-15(3-5-16)32-25(36)22-20(27)11-13-31-23(22)28/h2-14H,1H3,(H,29,35)(H,32,36)(H2,33,34,37). The van der Waals surface area contributed by atoms with Crippen LogP contribution in [0.4, 0.5) is 30.6 Å². The van der Waals surface area contributed by atoms with Crippen LogP contribution < -0.4 is 26.0 Å². The predicted octanol–water partition coefficient (Wildman–Crippen LogP) is 4.80. The minimum Gasteiger partial charge on any atom is -0.457 e. The highest BCUT2D eigenvalue weighted by Crippen LogP contribution is 2.23. The number of carbonyl (C=O) groups is 3. The molecule has 0 aliphatic heterocycles. The quantitative estimate of drug-likeness (QED) is 0.260. The number of pyridine rings is 2. The average Bonchev–Trinajstić information content (AvgIpc) is 2.90. The zero-order valence-electron chi connectivity index (χ0n) is 19.8. The Kier molecular flexibility index (Phi) is 7.82. The summed E-state index contributed by atoms with van der Waals surface area (Å²) in [5.74, 6) is -2.67. The number of carbonyl (C=O) groups excluding carboxylic acids is 3. The van der Waals surface area contributed by atoms with E-state index in [0.717, 1.165) is 12.3 Å². The van der Waals surface area contributed by atoms with Gasteiger partial charge in [-0.05, 0) is 60.7 Å². The second-order valence-corrected chi connectivity index (χ2v) is 7.65. The van der Waals surface area contributed by atoms with Crippen LogP contribution in [0.2, 0.25) is 0 Å². The van der Waals surface area contributed by atoms with E-state index in [0.29, 0.717) is 22.9 Å². The smallest absolute Gasteiger partial charge is 0.323 e. The van der Waals surface area contributed by atoms with Crippen LogP contribution >= 0.6 is 0 Å². The minimum atomic E-state index is -1.22. The van der Waals surface area contributed by atoms with Gasteiger partial charge in [-0.1, -0.05) is 0 Å². The van der Waals surface area contributed by atoms with Gasteiger partial charge in [0.2, 0.25) is 5.95 Å². The normalized spacial score (nSPS) is 10.3. The first-order valence-corrected chi connectivity index (χ1v) is 11.1. The van der Waals surface area contributed by atoms with Gasteiger partial charge in [-0.25, -0.2) is 14.2 Å². The van der Waals surface area contributed by atoms with Gasteiger partial charge < -0.3 is 26.0 Å². The van der Waals surface area contributed by atoms with Crippen LogP contribution in [0, 0.1) is 11.8 Å². The Bertz CT molecular complexity index is 1460. The van der Waals surface area contributed by atoms with E-state index in [9.17, 15) is 23.2 Å². The lowest BCUT2D eigenvalue weighted by atomic mass is 10.2. The molecule has 0 bridgehead atoms. The van der Waals surface area contributed by atoms with Crippen molar-refractivity contribution in [3.8, 4) is 11.5 Å². The van der Waals surface area contributed by atoms with E-state index in [1.165, 1.54) is 43.6 Å². The molecule has 2 aromatic carbocycles. The number of nitrogens with one attached hydrogen (secondary N) is 4. The molecule has 4 N–H and O–H groups in total. The first kappa shape index (κ1) is 25.7. The number of benzene rings is 2. The molecule has 0 saturated carbocycles. The molecular formula is C26H20F2N6O4. The molecule has 38 heavy (non-hydrogen) atoms. The van der Waals surface area contributed by atoms with Crippen LogP contribution in [0.1, 0.15) is 20.8 Å². The zero-order chi connectivity index (χ0) is 27.1. The summed E-state index contributed by atoms with van der Waals surface area (Å²) >= 11 is 0. The van der Waals surface area contributed by atoms with Crippen molar-refractivity contribution in [2.75, 3.05) is 23.0 Å². The SMILES string of the molecule is CNC(=O)c1cc(Oc2ccc(NC(=O)Nc3ccc(NC(=O)c4c(F)ccnc4F)cc3)cc2)ccn1. The summed E-state index contributed by atoms with van der Waals surface area (Å²) < 4.78 is 33.1. The summed E-state index contributed by atoms with van der Waals surface area (Å²) in [4.78, 5) is 43.5. The summed E-state index contributed by atoms with van der Waals surface area (Å²) in [7, 11) is 1.51. The van der Waals surface area contributed by atoms with Crippen molar-refractivity contribution < 1.29 is 27.9 Å². The van der Waals surface area contributed by atoms with E-state index < -0.39 is 29.3 Å². The molecule has 10 nitrogen and oxygen atoms in total. The Balaban J connectivity index is 1.30. The van der Waals surface area contributed by atoms with E-state index in [4.69, 9.17) is 4.74 Å². The molecule has 4 rings (SSSR count). The number of ether oxygens (including phenoxy) is 1. The summed E-state index contributed by atoms with van der Waals surface area (Å²) in [6, 6.07) is 15.9. The van der Waals surface area contributed by atoms with Gasteiger partial charge in [-0.15, -0.1) is 0 Å². The van der Waals surface area contributed by atoms with E-state index >= 15 is 0 Å². The molecule has 2 heterocycles. The topological polar surface area (TPSA) is 134 Å². The fourth-order valence-corrected chi connectivity index (χ4v) is 3.21. The molecule has 4 amide bonds. The van der Waals surface area contributed by atoms with E-state index in [1.807, 2.05) is 0 Å². The van der Waals surface area contributed by atoms with Crippen LogP contribution in [-0.2, 0) is 0 Å². The maximum absolute atomic E-state index is 13.7. The van der Waals surface area contributed by atoms with Gasteiger partial charge in [0.25, 0.3) is 11.8 Å². The lowest BCUT2D eigenvalue weighted by Crippen LogP contribution is -2.19. The first-order chi connectivity index (χ1) is 18.3. The van der Waals surface area contributed by atoms with Crippen molar-refractivity contribution in [1.82, 2.24) is 15.3 Å². The fourth-order valence-electron chi connectivity index (χ4n) is 3.21. The third-order valence-corrected chi connectivity index (χ3v) is 5.02. The molecule has 4 aromatic rings. The van der Waals surface area contributed by atoms with Crippen LogP contribution in [0.25, 0.3) is 0 Å². The Labute approximate surface area is 215 Å². The maximum Gasteiger partial charge on any atom is 0.323 e. The highest BCUT2D eigenvalue weighted by molar-refractivity contribution is 6.05. The Morgan fingerprint density at radius 2 is 1.29 bits per heavy atom. The number of amides is 4. The third kappa shape index (κ3) is 6.43. The fraction of sp³-hybridized carbons (Fsp3) is 0.0385. The van der Waals surface area contributed by atoms with Crippen molar-refractivity contribution in [1.29, 1.82) is 0 Å².